The summed E-state index contributed by atoms with van der Waals surface area (Å²) in [6.45, 7) is 1.99. The average Bonchev–Trinajstić information content (AvgIpc) is 2.55. The number of benzene rings is 2. The predicted molar refractivity (Wildman–Crippen MR) is 99.0 cm³/mol. The number of halogens is 2. The Hall–Kier alpha value is -2.54. The lowest BCUT2D eigenvalue weighted by Crippen LogP contribution is -2.01. The van der Waals surface area contributed by atoms with Crippen LogP contribution >= 0.6 is 23.2 Å². The second kappa shape index (κ2) is 6.52. The van der Waals surface area contributed by atoms with E-state index in [9.17, 15) is 5.26 Å². The van der Waals surface area contributed by atoms with Crippen molar-refractivity contribution in [1.82, 2.24) is 4.98 Å². The van der Waals surface area contributed by atoms with E-state index in [1.54, 1.807) is 18.2 Å². The van der Waals surface area contributed by atoms with Crippen LogP contribution in [-0.2, 0) is 0 Å². The molecule has 0 atom stereocenters. The second-order valence-corrected chi connectivity index (χ2v) is 6.15. The molecule has 0 radical (unpaired) electrons. The molecule has 0 fully saturated rings. The van der Waals surface area contributed by atoms with E-state index in [2.05, 4.69) is 11.1 Å². The normalized spacial score (nSPS) is 10.4. The van der Waals surface area contributed by atoms with Crippen LogP contribution in [0.1, 0.15) is 11.1 Å². The van der Waals surface area contributed by atoms with Gasteiger partial charge >= 0.3 is 0 Å². The molecule has 0 unspecified atom stereocenters. The van der Waals surface area contributed by atoms with Gasteiger partial charge in [-0.1, -0.05) is 53.5 Å². The topological polar surface area (TPSA) is 62.7 Å². The minimum absolute atomic E-state index is 0.157. The van der Waals surface area contributed by atoms with Gasteiger partial charge in [-0.25, -0.2) is 4.98 Å². The van der Waals surface area contributed by atoms with Crippen molar-refractivity contribution in [3.8, 4) is 28.5 Å². The van der Waals surface area contributed by atoms with Crippen molar-refractivity contribution >= 4 is 29.0 Å². The molecule has 0 saturated heterocycles. The van der Waals surface area contributed by atoms with Crippen LogP contribution in [0.3, 0.4) is 0 Å². The Labute approximate surface area is 150 Å². The van der Waals surface area contributed by atoms with Crippen molar-refractivity contribution in [2.75, 3.05) is 5.73 Å². The molecular weight excluding hydrogens is 341 g/mol. The highest BCUT2D eigenvalue weighted by atomic mass is 35.5. The van der Waals surface area contributed by atoms with Gasteiger partial charge in [0.1, 0.15) is 17.5 Å². The van der Waals surface area contributed by atoms with Crippen LogP contribution < -0.4 is 5.73 Å². The third-order valence-electron chi connectivity index (χ3n) is 3.81. The van der Waals surface area contributed by atoms with Crippen LogP contribution in [0.4, 0.5) is 5.82 Å². The predicted octanol–water partition coefficient (Wildman–Crippen LogP) is 5.48. The van der Waals surface area contributed by atoms with Gasteiger partial charge in [0.05, 0.1) is 5.69 Å². The Kier molecular flexibility index (Phi) is 4.44. The summed E-state index contributed by atoms with van der Waals surface area (Å²) in [7, 11) is 0. The number of pyridine rings is 1. The number of nitriles is 1. The Balaban J connectivity index is 2.34. The number of nitrogens with zero attached hydrogens (tertiary/aromatic N) is 2. The maximum atomic E-state index is 9.50. The van der Waals surface area contributed by atoms with Gasteiger partial charge in [0.2, 0.25) is 0 Å². The largest absolute Gasteiger partial charge is 0.383 e. The van der Waals surface area contributed by atoms with E-state index >= 15 is 0 Å². The molecule has 0 aliphatic carbocycles. The summed E-state index contributed by atoms with van der Waals surface area (Å²) in [6.07, 6.45) is 0. The van der Waals surface area contributed by atoms with Crippen LogP contribution in [0.25, 0.3) is 22.4 Å². The highest BCUT2D eigenvalue weighted by Gasteiger charge is 2.18. The minimum atomic E-state index is 0.157. The molecule has 0 spiro atoms. The minimum Gasteiger partial charge on any atom is -0.383 e. The lowest BCUT2D eigenvalue weighted by atomic mass is 9.97. The van der Waals surface area contributed by atoms with E-state index in [-0.39, 0.29) is 11.4 Å². The number of hydrogen-bond acceptors (Lipinski definition) is 3. The van der Waals surface area contributed by atoms with E-state index in [0.717, 1.165) is 11.1 Å². The smallest absolute Gasteiger partial charge is 0.142 e. The summed E-state index contributed by atoms with van der Waals surface area (Å²) in [5, 5.41) is 10.4. The van der Waals surface area contributed by atoms with Crippen LogP contribution in [0, 0.1) is 18.3 Å². The molecule has 0 aliphatic rings. The maximum absolute atomic E-state index is 9.50. The Morgan fingerprint density at radius 3 is 2.29 bits per heavy atom. The van der Waals surface area contributed by atoms with Gasteiger partial charge in [-0.2, -0.15) is 5.26 Å². The third-order valence-corrected chi connectivity index (χ3v) is 4.44. The highest BCUT2D eigenvalue weighted by Crippen LogP contribution is 2.39. The van der Waals surface area contributed by atoms with Crippen molar-refractivity contribution in [3.63, 3.8) is 0 Å². The van der Waals surface area contributed by atoms with E-state index in [4.69, 9.17) is 28.9 Å². The second-order valence-electron chi connectivity index (χ2n) is 5.34. The van der Waals surface area contributed by atoms with Gasteiger partial charge in [-0.15, -0.1) is 0 Å². The number of nitrogens with two attached hydrogens (primary N) is 1. The first-order valence-corrected chi connectivity index (χ1v) is 7.99. The average molecular weight is 354 g/mol. The first kappa shape index (κ1) is 16.3. The zero-order chi connectivity index (χ0) is 17.3. The van der Waals surface area contributed by atoms with Gasteiger partial charge in [0.15, 0.2) is 0 Å². The van der Waals surface area contributed by atoms with Gasteiger partial charge in [-0.05, 0) is 30.7 Å². The molecule has 0 bridgehead atoms. The fourth-order valence-corrected chi connectivity index (χ4v) is 3.23. The Morgan fingerprint density at radius 1 is 1.00 bits per heavy atom. The molecule has 3 rings (SSSR count). The van der Waals surface area contributed by atoms with Crippen molar-refractivity contribution in [2.24, 2.45) is 0 Å². The van der Waals surface area contributed by atoms with Gasteiger partial charge < -0.3 is 5.73 Å². The monoisotopic (exact) mass is 353 g/mol. The number of aryl methyl sites for hydroxylation is 1. The summed E-state index contributed by atoms with van der Waals surface area (Å²) >= 11 is 12.6. The van der Waals surface area contributed by atoms with E-state index in [1.165, 1.54) is 0 Å². The van der Waals surface area contributed by atoms with Crippen molar-refractivity contribution in [2.45, 2.75) is 6.92 Å². The number of nitrogen functional groups attached to an aromatic ring is 1. The maximum Gasteiger partial charge on any atom is 0.142 e. The summed E-state index contributed by atoms with van der Waals surface area (Å²) in [4.78, 5) is 4.39. The zero-order valence-corrected chi connectivity index (χ0v) is 14.4. The molecule has 2 N–H and O–H groups in total. The molecular formula is C19H13Cl2N3. The molecule has 118 valence electrons. The molecule has 2 aromatic carbocycles. The third kappa shape index (κ3) is 2.82. The summed E-state index contributed by atoms with van der Waals surface area (Å²) in [6, 6.07) is 17.0. The van der Waals surface area contributed by atoms with Gasteiger partial charge in [-0.3, -0.25) is 0 Å². The highest BCUT2D eigenvalue weighted by molar-refractivity contribution is 6.39. The van der Waals surface area contributed by atoms with E-state index in [0.29, 0.717) is 26.9 Å². The van der Waals surface area contributed by atoms with E-state index in [1.807, 2.05) is 37.3 Å². The first-order chi connectivity index (χ1) is 11.5. The molecule has 3 aromatic rings. The summed E-state index contributed by atoms with van der Waals surface area (Å²) in [5.74, 6) is 0.157. The lowest BCUT2D eigenvalue weighted by molar-refractivity contribution is 1.29. The van der Waals surface area contributed by atoms with Crippen molar-refractivity contribution in [3.05, 3.63) is 69.7 Å². The van der Waals surface area contributed by atoms with Crippen LogP contribution in [0.2, 0.25) is 10.0 Å². The lowest BCUT2D eigenvalue weighted by Gasteiger charge is -2.13. The molecule has 0 saturated carbocycles. The molecule has 5 heteroatoms. The fraction of sp³-hybridized carbons (Fsp3) is 0.0526. The quantitative estimate of drug-likeness (QED) is 0.662. The first-order valence-electron chi connectivity index (χ1n) is 7.24. The molecule has 1 heterocycles. The number of rotatable bonds is 2. The Morgan fingerprint density at radius 2 is 1.67 bits per heavy atom. The molecule has 0 aliphatic heterocycles. The number of hydrogen-bond donors (Lipinski definition) is 1. The molecule has 24 heavy (non-hydrogen) atoms. The number of aromatic nitrogens is 1. The SMILES string of the molecule is Cc1ccccc1-c1cc(-c2c(Cl)cccc2Cl)c(C#N)c(N)n1. The van der Waals surface area contributed by atoms with Crippen LogP contribution in [-0.4, -0.2) is 4.98 Å². The number of anilines is 1. The standard InChI is InChI=1S/C19H13Cl2N3/c1-11-5-2-3-6-12(11)17-9-13(14(10-22)19(23)24-17)18-15(20)7-4-8-16(18)21/h2-9H,1H3,(H2,23,24). The van der Waals surface area contributed by atoms with Crippen LogP contribution in [0.5, 0.6) is 0 Å². The van der Waals surface area contributed by atoms with E-state index < -0.39 is 0 Å². The van der Waals surface area contributed by atoms with Gasteiger partial charge in [0, 0.05) is 26.7 Å². The molecule has 0 amide bonds. The summed E-state index contributed by atoms with van der Waals surface area (Å²) < 4.78 is 0. The fourth-order valence-electron chi connectivity index (χ4n) is 2.63. The van der Waals surface area contributed by atoms with Crippen LogP contribution in [0.15, 0.2) is 48.5 Å². The summed E-state index contributed by atoms with van der Waals surface area (Å²) in [5.41, 5.74) is 10.2. The van der Waals surface area contributed by atoms with Crippen molar-refractivity contribution < 1.29 is 0 Å². The molecule has 1 aromatic heterocycles. The Bertz CT molecular complexity index is 955. The van der Waals surface area contributed by atoms with Gasteiger partial charge in [0.25, 0.3) is 0 Å². The zero-order valence-electron chi connectivity index (χ0n) is 12.8. The van der Waals surface area contributed by atoms with Crippen molar-refractivity contribution in [1.29, 1.82) is 5.26 Å². The molecule has 3 nitrogen and oxygen atoms in total.